The second-order valence-electron chi connectivity index (χ2n) is 1.24. The van der Waals surface area contributed by atoms with Crippen molar-refractivity contribution in [1.29, 1.82) is 0 Å². The van der Waals surface area contributed by atoms with Gasteiger partial charge in [-0.2, -0.15) is 0 Å². The van der Waals surface area contributed by atoms with E-state index in [9.17, 15) is 8.76 Å². The quantitative estimate of drug-likeness (QED) is 0.485. The molecule has 6 heteroatoms. The molecule has 0 aromatic rings. The molecular formula is C3H5Cl2O3S-. The third kappa shape index (κ3) is 6.54. The number of alkyl halides is 2. The molecule has 2 unspecified atom stereocenters. The van der Waals surface area contributed by atoms with Gasteiger partial charge in [0.1, 0.15) is 0 Å². The predicted molar refractivity (Wildman–Crippen MR) is 35.2 cm³/mol. The lowest BCUT2D eigenvalue weighted by atomic mass is 10.5. The lowest BCUT2D eigenvalue weighted by Crippen LogP contribution is -2.11. The first-order valence-corrected chi connectivity index (χ1v) is 4.06. The third-order valence-corrected chi connectivity index (χ3v) is 1.65. The van der Waals surface area contributed by atoms with Crippen LogP contribution in [0.5, 0.6) is 0 Å². The van der Waals surface area contributed by atoms with Gasteiger partial charge in [-0.25, -0.2) is 4.21 Å². The first-order chi connectivity index (χ1) is 4.16. The molecule has 0 aromatic heterocycles. The summed E-state index contributed by atoms with van der Waals surface area (Å²) in [7, 11) is 0. The summed E-state index contributed by atoms with van der Waals surface area (Å²) in [6.07, 6.45) is 0. The summed E-state index contributed by atoms with van der Waals surface area (Å²) in [4.78, 5) is 0. The summed E-state index contributed by atoms with van der Waals surface area (Å²) in [6, 6.07) is 0. The van der Waals surface area contributed by atoms with Crippen LogP contribution in [0.1, 0.15) is 0 Å². The van der Waals surface area contributed by atoms with Gasteiger partial charge >= 0.3 is 0 Å². The van der Waals surface area contributed by atoms with E-state index >= 15 is 0 Å². The maximum absolute atomic E-state index is 9.70. The van der Waals surface area contributed by atoms with Gasteiger partial charge in [-0.1, -0.05) is 0 Å². The summed E-state index contributed by atoms with van der Waals surface area (Å²) in [5.74, 6) is 0.179. The van der Waals surface area contributed by atoms with E-state index in [0.717, 1.165) is 0 Å². The highest BCUT2D eigenvalue weighted by molar-refractivity contribution is 7.74. The first kappa shape index (κ1) is 9.65. The smallest absolute Gasteiger partial charge is 0.0842 e. The molecule has 0 saturated carbocycles. The molecule has 3 nitrogen and oxygen atoms in total. The van der Waals surface area contributed by atoms with Crippen LogP contribution in [0.15, 0.2) is 0 Å². The van der Waals surface area contributed by atoms with Crippen molar-refractivity contribution in [3.8, 4) is 0 Å². The summed E-state index contributed by atoms with van der Waals surface area (Å²) in [5, 5.41) is -0.440. The van der Waals surface area contributed by atoms with Crippen molar-refractivity contribution in [2.75, 3.05) is 12.5 Å². The molecule has 0 spiro atoms. The summed E-state index contributed by atoms with van der Waals surface area (Å²) in [6.45, 7) is -0.0683. The van der Waals surface area contributed by atoms with Crippen LogP contribution in [-0.2, 0) is 15.5 Å². The average molecular weight is 192 g/mol. The fourth-order valence-electron chi connectivity index (χ4n) is 0.174. The van der Waals surface area contributed by atoms with E-state index in [4.69, 9.17) is 23.2 Å². The maximum atomic E-state index is 9.70. The van der Waals surface area contributed by atoms with Crippen molar-refractivity contribution >= 4 is 34.6 Å². The Labute approximate surface area is 65.8 Å². The Morgan fingerprint density at radius 1 is 1.78 bits per heavy atom. The lowest BCUT2D eigenvalue weighted by Gasteiger charge is -2.07. The van der Waals surface area contributed by atoms with Crippen LogP contribution in [0.25, 0.3) is 0 Å². The lowest BCUT2D eigenvalue weighted by molar-refractivity contribution is 0.303. The Hall–Kier alpha value is 0.650. The molecule has 0 bridgehead atoms. The molecule has 2 atom stereocenters. The minimum atomic E-state index is -2.48. The fourth-order valence-corrected chi connectivity index (χ4v) is 0.676. The molecule has 0 N–H and O–H groups in total. The molecule has 0 amide bonds. The van der Waals surface area contributed by atoms with Gasteiger partial charge in [0.05, 0.1) is 23.3 Å². The van der Waals surface area contributed by atoms with Crippen molar-refractivity contribution < 1.29 is 12.9 Å². The molecule has 0 saturated heterocycles. The van der Waals surface area contributed by atoms with E-state index in [1.165, 1.54) is 0 Å². The van der Waals surface area contributed by atoms with Crippen molar-refractivity contribution in [3.05, 3.63) is 0 Å². The Kier molecular flexibility index (Phi) is 5.83. The van der Waals surface area contributed by atoms with Gasteiger partial charge in [0.2, 0.25) is 0 Å². The molecule has 0 aliphatic rings. The summed E-state index contributed by atoms with van der Waals surface area (Å²) >= 11 is 8.12. The molecule has 9 heavy (non-hydrogen) atoms. The molecular weight excluding hydrogens is 187 g/mol. The van der Waals surface area contributed by atoms with Crippen LogP contribution in [0, 0.1) is 0 Å². The van der Waals surface area contributed by atoms with Crippen molar-refractivity contribution in [3.63, 3.8) is 0 Å². The zero-order valence-electron chi connectivity index (χ0n) is 4.38. The molecule has 0 heterocycles. The highest BCUT2D eigenvalue weighted by atomic mass is 35.5. The monoisotopic (exact) mass is 191 g/mol. The van der Waals surface area contributed by atoms with Crippen molar-refractivity contribution in [2.45, 2.75) is 5.38 Å². The maximum Gasteiger partial charge on any atom is 0.0842 e. The molecule has 0 rings (SSSR count). The van der Waals surface area contributed by atoms with Crippen LogP contribution in [0.3, 0.4) is 0 Å². The zero-order chi connectivity index (χ0) is 7.28. The number of hydrogen-bond acceptors (Lipinski definition) is 3. The fraction of sp³-hybridized carbons (Fsp3) is 1.00. The van der Waals surface area contributed by atoms with E-state index < -0.39 is 16.7 Å². The minimum absolute atomic E-state index is 0.0683. The van der Waals surface area contributed by atoms with Crippen LogP contribution >= 0.6 is 23.2 Å². The first-order valence-electron chi connectivity index (χ1n) is 2.09. The van der Waals surface area contributed by atoms with Crippen molar-refractivity contribution in [1.82, 2.24) is 0 Å². The zero-order valence-corrected chi connectivity index (χ0v) is 6.71. The van der Waals surface area contributed by atoms with Gasteiger partial charge in [0.25, 0.3) is 0 Å². The van der Waals surface area contributed by atoms with Crippen LogP contribution in [0.2, 0.25) is 0 Å². The van der Waals surface area contributed by atoms with Crippen LogP contribution in [-0.4, -0.2) is 26.6 Å². The third-order valence-electron chi connectivity index (χ3n) is 0.513. The van der Waals surface area contributed by atoms with E-state index in [-0.39, 0.29) is 12.5 Å². The summed E-state index contributed by atoms with van der Waals surface area (Å²) < 4.78 is 23.5. The van der Waals surface area contributed by atoms with Crippen molar-refractivity contribution in [2.24, 2.45) is 0 Å². The second kappa shape index (κ2) is 5.44. The van der Waals surface area contributed by atoms with Gasteiger partial charge in [-0.3, -0.25) is 4.18 Å². The van der Waals surface area contributed by atoms with E-state index in [0.29, 0.717) is 0 Å². The van der Waals surface area contributed by atoms with Gasteiger partial charge in [-0.15, -0.1) is 23.2 Å². The molecule has 0 fully saturated rings. The highest BCUT2D eigenvalue weighted by Crippen LogP contribution is 1.99. The topological polar surface area (TPSA) is 49.4 Å². The number of halogens is 2. The second-order valence-corrected chi connectivity index (χ2v) is 2.81. The van der Waals surface area contributed by atoms with Crippen LogP contribution < -0.4 is 0 Å². The van der Waals surface area contributed by atoms with E-state index in [1.54, 1.807) is 0 Å². The van der Waals surface area contributed by atoms with Gasteiger partial charge in [-0.05, 0) is 0 Å². The SMILES string of the molecule is O=S([O-])OCC(Cl)CCl. The van der Waals surface area contributed by atoms with Gasteiger partial charge in [0.15, 0.2) is 0 Å². The van der Waals surface area contributed by atoms with Gasteiger partial charge in [0, 0.05) is 5.88 Å². The average Bonchev–Trinajstić information content (AvgIpc) is 1.83. The van der Waals surface area contributed by atoms with E-state index in [1.807, 2.05) is 0 Å². The van der Waals surface area contributed by atoms with E-state index in [2.05, 4.69) is 4.18 Å². The summed E-state index contributed by atoms with van der Waals surface area (Å²) in [5.41, 5.74) is 0. The predicted octanol–water partition coefficient (Wildman–Crippen LogP) is 0.643. The standard InChI is InChI=1S/C3H6Cl2O3S/c4-1-3(5)2-8-9(6)7/h3H,1-2H2,(H,6,7)/p-1. The van der Waals surface area contributed by atoms with Gasteiger partial charge < -0.3 is 4.55 Å². The number of rotatable bonds is 4. The molecule has 0 radical (unpaired) electrons. The Morgan fingerprint density at radius 3 is 2.67 bits per heavy atom. The molecule has 0 aliphatic heterocycles. The Balaban J connectivity index is 3.16. The normalized spacial score (nSPS) is 17.2. The molecule has 56 valence electrons. The molecule has 0 aromatic carbocycles. The Morgan fingerprint density at radius 2 is 2.33 bits per heavy atom. The molecule has 0 aliphatic carbocycles. The Bertz CT molecular complexity index is 99.1. The largest absolute Gasteiger partial charge is 0.750 e. The number of hydrogen-bond donors (Lipinski definition) is 0. The highest BCUT2D eigenvalue weighted by Gasteiger charge is 2.00. The minimum Gasteiger partial charge on any atom is -0.750 e. The van der Waals surface area contributed by atoms with Crippen LogP contribution in [0.4, 0.5) is 0 Å².